The molecule has 0 saturated carbocycles. The zero-order valence-electron chi connectivity index (χ0n) is 49.6. The van der Waals surface area contributed by atoms with Gasteiger partial charge in [0.15, 0.2) is 0 Å². The van der Waals surface area contributed by atoms with Crippen LogP contribution in [0.4, 0.5) is 0 Å². The number of aliphatic hydroxyl groups excluding tert-OH is 2. The highest BCUT2D eigenvalue weighted by molar-refractivity contribution is 6.11. The van der Waals surface area contributed by atoms with Crippen LogP contribution < -0.4 is 0 Å². The number of aromatic amines is 2. The molecule has 6 aromatic rings. The van der Waals surface area contributed by atoms with E-state index < -0.39 is 57.9 Å². The van der Waals surface area contributed by atoms with Crippen molar-refractivity contribution in [2.24, 2.45) is 22.7 Å². The second kappa shape index (κ2) is 20.5. The second-order valence-corrected chi connectivity index (χ2v) is 28.2. The highest BCUT2D eigenvalue weighted by Gasteiger charge is 2.73. The lowest BCUT2D eigenvalue weighted by atomic mass is 9.54. The number of rotatable bonds is 2. The van der Waals surface area contributed by atoms with Gasteiger partial charge in [0.2, 0.25) is 0 Å². The van der Waals surface area contributed by atoms with Crippen LogP contribution in [0.25, 0.3) is 54.8 Å². The lowest BCUT2D eigenvalue weighted by Crippen LogP contribution is -2.67. The minimum atomic E-state index is -1.32. The van der Waals surface area contributed by atoms with Crippen LogP contribution in [0.5, 0.6) is 0 Å². The summed E-state index contributed by atoms with van der Waals surface area (Å²) in [5.74, 6) is 0.0281. The molecule has 2 aromatic carbocycles. The molecule has 7 unspecified atom stereocenters. The molecule has 2 aliphatic carbocycles. The van der Waals surface area contributed by atoms with Crippen molar-refractivity contribution in [1.82, 2.24) is 39.5 Å². The van der Waals surface area contributed by atoms with Crippen LogP contribution in [-0.4, -0.2) is 171 Å². The van der Waals surface area contributed by atoms with Crippen LogP contribution in [0.15, 0.2) is 134 Å². The number of aromatic nitrogens is 4. The first-order chi connectivity index (χ1) is 42.0. The highest BCUT2D eigenvalue weighted by Crippen LogP contribution is 2.68. The van der Waals surface area contributed by atoms with Gasteiger partial charge in [0, 0.05) is 101 Å². The molecule has 0 amide bonds. The van der Waals surface area contributed by atoms with Crippen molar-refractivity contribution in [3.63, 3.8) is 0 Å². The number of hydrogen-bond donors (Lipinski definition) is 6. The van der Waals surface area contributed by atoms with E-state index in [0.717, 1.165) is 163 Å². The van der Waals surface area contributed by atoms with Crippen LogP contribution in [0.3, 0.4) is 0 Å². The first kappa shape index (κ1) is 54.5. The maximum Gasteiger partial charge on any atom is 0.142 e. The molecule has 14 heteroatoms. The molecular weight excluding hydrogens is 1070 g/mol. The molecule has 4 fully saturated rings. The molecule has 9 aliphatic heterocycles. The lowest BCUT2D eigenvalue weighted by Gasteiger charge is -2.58. The van der Waals surface area contributed by atoms with E-state index in [1.165, 1.54) is 0 Å². The number of piperidine rings is 2. The van der Waals surface area contributed by atoms with Gasteiger partial charge in [-0.25, -0.2) is 0 Å². The predicted octanol–water partition coefficient (Wildman–Crippen LogP) is 10.3. The summed E-state index contributed by atoms with van der Waals surface area (Å²) in [6, 6.07) is 20.5. The summed E-state index contributed by atoms with van der Waals surface area (Å²) >= 11 is 0. The van der Waals surface area contributed by atoms with Gasteiger partial charge in [-0.15, -0.1) is 0 Å². The Kier molecular flexibility index (Phi) is 13.0. The minimum absolute atomic E-state index is 0.0138. The number of hydrogen-bond acceptors (Lipinski definition) is 12. The van der Waals surface area contributed by atoms with Crippen molar-refractivity contribution in [3.8, 4) is 0 Å². The summed E-state index contributed by atoms with van der Waals surface area (Å²) in [6.07, 6.45) is 35.5. The third-order valence-corrected chi connectivity index (χ3v) is 23.5. The van der Waals surface area contributed by atoms with Gasteiger partial charge in [-0.05, 0) is 181 Å². The smallest absolute Gasteiger partial charge is 0.142 e. The molecule has 10 bridgehead atoms. The number of pyridine rings is 2. The van der Waals surface area contributed by atoms with Crippen molar-refractivity contribution in [1.29, 1.82) is 0 Å². The van der Waals surface area contributed by atoms with Crippen LogP contribution in [0.1, 0.15) is 114 Å². The van der Waals surface area contributed by atoms with E-state index in [1.54, 1.807) is 0 Å². The normalized spacial score (nSPS) is 41.6. The Morgan fingerprint density at radius 3 is 1.57 bits per heavy atom. The van der Waals surface area contributed by atoms with Crippen molar-refractivity contribution in [3.05, 3.63) is 145 Å². The number of benzene rings is 2. The Bertz CT molecular complexity index is 3850. The van der Waals surface area contributed by atoms with Crippen molar-refractivity contribution >= 4 is 54.8 Å². The molecule has 14 nitrogen and oxygen atoms in total. The molecule has 4 aromatic heterocycles. The SMILES string of the molecule is OC1CCN2C3[C@@]4(CN5CC/C=C\CCCC[C@@]3(O)C=C(c3nccc6c3[nH]c3ccccc36)[C@H]4CC5)CC23C=CC1O[C@@]12C=C[C@H](O3)[C@H](O)CCN1C1[C@]3(CN4CCCC/C=C\CC[C@]1(O)C=C(c1nccc5c1[nH]c1ccccc15)[C@@H]3CC4)C2. The van der Waals surface area contributed by atoms with Crippen molar-refractivity contribution < 1.29 is 29.9 Å². The van der Waals surface area contributed by atoms with Gasteiger partial charge in [0.05, 0.1) is 57.9 Å². The summed E-state index contributed by atoms with van der Waals surface area (Å²) in [5.41, 5.74) is 2.32. The Morgan fingerprint density at radius 1 is 0.500 bits per heavy atom. The van der Waals surface area contributed by atoms with Crippen molar-refractivity contribution in [2.75, 3.05) is 52.4 Å². The molecule has 4 saturated heterocycles. The van der Waals surface area contributed by atoms with Crippen LogP contribution in [0.2, 0.25) is 0 Å². The lowest BCUT2D eigenvalue weighted by molar-refractivity contribution is -0.206. The number of aliphatic hydroxyl groups is 4. The molecule has 13 heterocycles. The van der Waals surface area contributed by atoms with E-state index in [9.17, 15) is 20.4 Å². The average Bonchev–Trinajstić information content (AvgIpc) is 1.49. The molecule has 16 atom stereocenters. The van der Waals surface area contributed by atoms with E-state index >= 15 is 0 Å². The maximum absolute atomic E-state index is 14.2. The molecular formula is C72H84N8O6. The van der Waals surface area contributed by atoms with Gasteiger partial charge in [-0.2, -0.15) is 0 Å². The van der Waals surface area contributed by atoms with Gasteiger partial charge in [0.25, 0.3) is 0 Å². The average molecular weight is 1160 g/mol. The Labute approximate surface area is 504 Å². The number of ether oxygens (including phenoxy) is 2. The summed E-state index contributed by atoms with van der Waals surface area (Å²) in [6.45, 7) is 6.19. The fraction of sp³-hybridized carbons (Fsp3) is 0.528. The topological polar surface area (TPSA) is 170 Å². The molecule has 4 spiro atoms. The zero-order valence-corrected chi connectivity index (χ0v) is 49.6. The Balaban J connectivity index is 0.809. The summed E-state index contributed by atoms with van der Waals surface area (Å²) in [7, 11) is 0. The van der Waals surface area contributed by atoms with Crippen LogP contribution in [0, 0.1) is 22.7 Å². The maximum atomic E-state index is 14.2. The molecule has 17 rings (SSSR count). The first-order valence-electron chi connectivity index (χ1n) is 33.0. The van der Waals surface area contributed by atoms with Crippen molar-refractivity contribution in [2.45, 2.75) is 162 Å². The summed E-state index contributed by atoms with van der Waals surface area (Å²) in [4.78, 5) is 28.4. The number of allylic oxidation sites excluding steroid dienone is 5. The fourth-order valence-corrected chi connectivity index (χ4v) is 20.2. The number of nitrogens with one attached hydrogen (secondary N) is 2. The Morgan fingerprint density at radius 2 is 1.00 bits per heavy atom. The third kappa shape index (κ3) is 8.26. The number of H-pyrrole nitrogens is 2. The van der Waals surface area contributed by atoms with Gasteiger partial charge < -0.3 is 49.7 Å². The standard InChI is InChI=1S/C72H84N8O6/c81-57-27-39-79-65-67(45-77-35-15-7-3-1-5-13-29-69(65,83)41-51(53(67)25-37-77)61-63-49(23-33-73-61)47-17-9-11-19-55(47)75-63)43-71(79)31-21-60(57)86-72-32-22-59(85-71)58(82)28-40-80(72)66-68(44-72)46-78-36-16-8-4-2-6-14-30-70(66,84)42-52(54(68)26-38-78)62-64-50(24-34-74-62)48-18-10-12-20-56(48)76-64/h1,4-5,8-12,17-24,31-34,41-42,53-54,57-60,65-66,75-76,81-84H,2-3,6-7,13-16,25-30,35-40,43-46H2/b5-1-,8-4-,31-21?,32-22?/t53-,54+,57+,58?,59?,60-,65?,66?,67-,68+,69-,70+,71+,72?/m0/s1. The zero-order chi connectivity index (χ0) is 57.6. The summed E-state index contributed by atoms with van der Waals surface area (Å²) < 4.78 is 16.0. The van der Waals surface area contributed by atoms with Gasteiger partial charge >= 0.3 is 0 Å². The molecule has 11 aliphatic rings. The predicted molar refractivity (Wildman–Crippen MR) is 336 cm³/mol. The van der Waals surface area contributed by atoms with E-state index in [4.69, 9.17) is 19.4 Å². The minimum Gasteiger partial charge on any atom is -0.390 e. The van der Waals surface area contributed by atoms with E-state index in [-0.39, 0.29) is 23.9 Å². The molecule has 86 heavy (non-hydrogen) atoms. The van der Waals surface area contributed by atoms with Gasteiger partial charge in [-0.1, -0.05) is 72.9 Å². The second-order valence-electron chi connectivity index (χ2n) is 28.2. The quantitative estimate of drug-likeness (QED) is 0.0909. The van der Waals surface area contributed by atoms with E-state index in [0.29, 0.717) is 58.0 Å². The number of para-hydroxylation sites is 2. The highest BCUT2D eigenvalue weighted by atomic mass is 16.6. The monoisotopic (exact) mass is 1160 g/mol. The Hall–Kier alpha value is -5.62. The van der Waals surface area contributed by atoms with Gasteiger partial charge in [0.1, 0.15) is 23.7 Å². The van der Waals surface area contributed by atoms with E-state index in [2.05, 4.69) is 151 Å². The molecule has 6 N–H and O–H groups in total. The molecule has 448 valence electrons. The molecule has 0 radical (unpaired) electrons. The number of nitrogens with zero attached hydrogens (tertiary/aromatic N) is 6. The first-order valence-corrected chi connectivity index (χ1v) is 33.0. The van der Waals surface area contributed by atoms with E-state index in [1.807, 2.05) is 12.4 Å². The largest absolute Gasteiger partial charge is 0.390 e. The fourth-order valence-electron chi connectivity index (χ4n) is 20.2. The van der Waals surface area contributed by atoms with Crippen LogP contribution in [-0.2, 0) is 9.47 Å². The van der Waals surface area contributed by atoms with Gasteiger partial charge in [-0.3, -0.25) is 19.8 Å². The summed E-state index contributed by atoms with van der Waals surface area (Å²) in [5, 5.41) is 59.3. The van der Waals surface area contributed by atoms with Crippen LogP contribution >= 0.6 is 0 Å². The number of fused-ring (bicyclic) bond motifs is 10. The third-order valence-electron chi connectivity index (χ3n) is 23.5.